The van der Waals surface area contributed by atoms with Crippen molar-refractivity contribution in [2.24, 2.45) is 0 Å². The van der Waals surface area contributed by atoms with Crippen molar-refractivity contribution in [2.75, 3.05) is 0 Å². The fourth-order valence-corrected chi connectivity index (χ4v) is 2.79. The molecule has 25 heavy (non-hydrogen) atoms. The Kier molecular flexibility index (Phi) is 5.11. The van der Waals surface area contributed by atoms with Gasteiger partial charge >= 0.3 is 0 Å². The highest BCUT2D eigenvalue weighted by atomic mass is 35.5. The first-order valence-corrected chi connectivity index (χ1v) is 8.05. The maximum Gasteiger partial charge on any atom is 0.187 e. The Bertz CT molecular complexity index is 906. The number of phenols is 1. The molecule has 1 N–H and O–H groups in total. The molecule has 3 rings (SSSR count). The predicted octanol–water partition coefficient (Wildman–Crippen LogP) is 6.22. The van der Waals surface area contributed by atoms with Crippen molar-refractivity contribution in [2.45, 2.75) is 6.61 Å². The van der Waals surface area contributed by atoms with Crippen molar-refractivity contribution < 1.29 is 18.6 Å². The Hall–Kier alpha value is -2.30. The first kappa shape index (κ1) is 17.5. The van der Waals surface area contributed by atoms with E-state index in [1.807, 2.05) is 6.07 Å². The second-order valence-corrected chi connectivity index (χ2v) is 6.20. The number of halogens is 4. The standard InChI is InChI=1S/C19H12Cl2F2O2/c20-14-4-5-18(15(21)9-14)25-10-11-2-1-3-12(6-11)13-7-16(22)19(24)17(23)8-13/h1-9,24H,10H2. The van der Waals surface area contributed by atoms with Crippen molar-refractivity contribution in [3.63, 3.8) is 0 Å². The van der Waals surface area contributed by atoms with Gasteiger partial charge in [0, 0.05) is 5.02 Å². The molecule has 0 heterocycles. The monoisotopic (exact) mass is 380 g/mol. The van der Waals surface area contributed by atoms with E-state index in [1.54, 1.807) is 36.4 Å². The van der Waals surface area contributed by atoms with E-state index in [2.05, 4.69) is 0 Å². The van der Waals surface area contributed by atoms with Gasteiger partial charge in [0.25, 0.3) is 0 Å². The molecule has 0 radical (unpaired) electrons. The molecule has 0 aliphatic heterocycles. The van der Waals surface area contributed by atoms with E-state index in [1.165, 1.54) is 0 Å². The highest BCUT2D eigenvalue weighted by molar-refractivity contribution is 6.35. The number of ether oxygens (including phenoxy) is 1. The lowest BCUT2D eigenvalue weighted by molar-refractivity contribution is 0.306. The van der Waals surface area contributed by atoms with Crippen molar-refractivity contribution in [3.05, 3.63) is 81.8 Å². The lowest BCUT2D eigenvalue weighted by atomic mass is 10.0. The quantitative estimate of drug-likeness (QED) is 0.581. The van der Waals surface area contributed by atoms with Crippen molar-refractivity contribution in [1.82, 2.24) is 0 Å². The maximum absolute atomic E-state index is 13.5. The summed E-state index contributed by atoms with van der Waals surface area (Å²) >= 11 is 11.9. The van der Waals surface area contributed by atoms with Gasteiger partial charge in [0.05, 0.1) is 5.02 Å². The molecule has 0 amide bonds. The van der Waals surface area contributed by atoms with Crippen molar-refractivity contribution in [3.8, 4) is 22.6 Å². The second kappa shape index (κ2) is 7.30. The molecule has 0 unspecified atom stereocenters. The molecule has 0 saturated carbocycles. The molecule has 0 aliphatic carbocycles. The molecule has 3 aromatic rings. The summed E-state index contributed by atoms with van der Waals surface area (Å²) in [7, 11) is 0. The van der Waals surface area contributed by atoms with E-state index >= 15 is 0 Å². The topological polar surface area (TPSA) is 29.5 Å². The minimum atomic E-state index is -1.01. The smallest absolute Gasteiger partial charge is 0.187 e. The molecule has 0 bridgehead atoms. The third kappa shape index (κ3) is 4.03. The fraction of sp³-hybridized carbons (Fsp3) is 0.0526. The Morgan fingerprint density at radius 1 is 0.880 bits per heavy atom. The van der Waals surface area contributed by atoms with Gasteiger partial charge in [0.2, 0.25) is 0 Å². The maximum atomic E-state index is 13.5. The highest BCUT2D eigenvalue weighted by Crippen LogP contribution is 2.30. The molecule has 6 heteroatoms. The van der Waals surface area contributed by atoms with Crippen LogP contribution in [0.5, 0.6) is 11.5 Å². The van der Waals surface area contributed by atoms with Crippen LogP contribution in [0.4, 0.5) is 8.78 Å². The van der Waals surface area contributed by atoms with E-state index in [4.69, 9.17) is 27.9 Å². The lowest BCUT2D eigenvalue weighted by Crippen LogP contribution is -1.96. The summed E-state index contributed by atoms with van der Waals surface area (Å²) in [6.45, 7) is 0.220. The SMILES string of the molecule is Oc1c(F)cc(-c2cccc(COc3ccc(Cl)cc3Cl)c2)cc1F. The third-order valence-corrected chi connectivity index (χ3v) is 4.10. The highest BCUT2D eigenvalue weighted by Gasteiger charge is 2.11. The van der Waals surface area contributed by atoms with E-state index in [-0.39, 0.29) is 6.61 Å². The van der Waals surface area contributed by atoms with Gasteiger partial charge in [0.15, 0.2) is 17.4 Å². The summed E-state index contributed by atoms with van der Waals surface area (Å²) in [5.74, 6) is -2.52. The first-order valence-electron chi connectivity index (χ1n) is 7.29. The van der Waals surface area contributed by atoms with Crippen molar-refractivity contribution in [1.29, 1.82) is 0 Å². The summed E-state index contributed by atoms with van der Waals surface area (Å²) in [4.78, 5) is 0. The Labute approximate surface area is 153 Å². The molecule has 128 valence electrons. The molecule has 0 atom stereocenters. The molecule has 0 fully saturated rings. The van der Waals surface area contributed by atoms with E-state index in [0.29, 0.717) is 26.9 Å². The summed E-state index contributed by atoms with van der Waals surface area (Å²) in [6.07, 6.45) is 0. The molecule has 0 saturated heterocycles. The zero-order valence-electron chi connectivity index (χ0n) is 12.8. The van der Waals surface area contributed by atoms with Crippen molar-refractivity contribution >= 4 is 23.2 Å². The van der Waals surface area contributed by atoms with Crippen LogP contribution in [0.2, 0.25) is 10.0 Å². The molecule has 0 spiro atoms. The lowest BCUT2D eigenvalue weighted by Gasteiger charge is -2.10. The molecule has 3 aromatic carbocycles. The van der Waals surface area contributed by atoms with Crippen LogP contribution in [0.1, 0.15) is 5.56 Å². The van der Waals surface area contributed by atoms with Gasteiger partial charge in [-0.15, -0.1) is 0 Å². The average molecular weight is 381 g/mol. The third-order valence-electron chi connectivity index (χ3n) is 3.57. The Morgan fingerprint density at radius 2 is 1.60 bits per heavy atom. The summed E-state index contributed by atoms with van der Waals surface area (Å²) in [6, 6.07) is 14.1. The molecular formula is C19H12Cl2F2O2. The van der Waals surface area contributed by atoms with Gasteiger partial charge in [0.1, 0.15) is 12.4 Å². The minimum Gasteiger partial charge on any atom is -0.503 e. The Morgan fingerprint density at radius 3 is 2.28 bits per heavy atom. The van der Waals surface area contributed by atoms with Crippen LogP contribution >= 0.6 is 23.2 Å². The number of hydrogen-bond donors (Lipinski definition) is 1. The number of hydrogen-bond acceptors (Lipinski definition) is 2. The van der Waals surface area contributed by atoms with Crippen LogP contribution in [0.15, 0.2) is 54.6 Å². The zero-order chi connectivity index (χ0) is 18.0. The van der Waals surface area contributed by atoms with E-state index in [0.717, 1.165) is 17.7 Å². The summed E-state index contributed by atoms with van der Waals surface area (Å²) in [5, 5.41) is 10.1. The Balaban J connectivity index is 1.82. The van der Waals surface area contributed by atoms with Crippen LogP contribution in [0.25, 0.3) is 11.1 Å². The van der Waals surface area contributed by atoms with Crippen LogP contribution in [0.3, 0.4) is 0 Å². The van der Waals surface area contributed by atoms with E-state index < -0.39 is 17.4 Å². The van der Waals surface area contributed by atoms with Crippen LogP contribution in [-0.2, 0) is 6.61 Å². The molecule has 2 nitrogen and oxygen atoms in total. The first-order chi connectivity index (χ1) is 11.9. The molecule has 0 aliphatic rings. The zero-order valence-corrected chi connectivity index (χ0v) is 14.3. The number of aromatic hydroxyl groups is 1. The molecular weight excluding hydrogens is 369 g/mol. The van der Waals surface area contributed by atoms with Crippen LogP contribution in [-0.4, -0.2) is 5.11 Å². The number of benzene rings is 3. The van der Waals surface area contributed by atoms with Gasteiger partial charge < -0.3 is 9.84 Å². The van der Waals surface area contributed by atoms with Gasteiger partial charge in [-0.1, -0.05) is 41.4 Å². The molecule has 0 aromatic heterocycles. The number of rotatable bonds is 4. The van der Waals surface area contributed by atoms with Crippen LogP contribution < -0.4 is 4.74 Å². The second-order valence-electron chi connectivity index (χ2n) is 5.35. The minimum absolute atomic E-state index is 0.220. The largest absolute Gasteiger partial charge is 0.503 e. The van der Waals surface area contributed by atoms with Gasteiger partial charge in [-0.3, -0.25) is 0 Å². The average Bonchev–Trinajstić information content (AvgIpc) is 2.59. The predicted molar refractivity (Wildman–Crippen MR) is 94.3 cm³/mol. The summed E-state index contributed by atoms with van der Waals surface area (Å²) < 4.78 is 32.7. The summed E-state index contributed by atoms with van der Waals surface area (Å²) in [5.41, 5.74) is 1.71. The van der Waals surface area contributed by atoms with Gasteiger partial charge in [-0.25, -0.2) is 8.78 Å². The van der Waals surface area contributed by atoms with E-state index in [9.17, 15) is 13.9 Å². The van der Waals surface area contributed by atoms with Gasteiger partial charge in [-0.05, 0) is 53.1 Å². The number of phenolic OH excluding ortho intramolecular Hbond substituents is 1. The van der Waals surface area contributed by atoms with Crippen LogP contribution in [0, 0.1) is 11.6 Å². The normalized spacial score (nSPS) is 10.7. The fourth-order valence-electron chi connectivity index (χ4n) is 2.33. The van der Waals surface area contributed by atoms with Gasteiger partial charge in [-0.2, -0.15) is 0 Å².